The highest BCUT2D eigenvalue weighted by Crippen LogP contribution is 2.27. The lowest BCUT2D eigenvalue weighted by atomic mass is 10.1. The maximum atomic E-state index is 12.9. The molecule has 2 aliphatic heterocycles. The molecule has 2 atom stereocenters. The van der Waals surface area contributed by atoms with Crippen LogP contribution in [0.2, 0.25) is 0 Å². The second-order valence-corrected chi connectivity index (χ2v) is 7.73. The number of sulfonamides is 1. The zero-order chi connectivity index (χ0) is 15.7. The van der Waals surface area contributed by atoms with E-state index in [0.717, 1.165) is 12.8 Å². The van der Waals surface area contributed by atoms with Crippen LogP contribution in [0.5, 0.6) is 0 Å². The van der Waals surface area contributed by atoms with Crippen molar-refractivity contribution in [1.29, 1.82) is 0 Å². The summed E-state index contributed by atoms with van der Waals surface area (Å²) in [6.45, 7) is 0.983. The van der Waals surface area contributed by atoms with Gasteiger partial charge in [-0.2, -0.15) is 4.31 Å². The monoisotopic (exact) mass is 324 g/mol. The summed E-state index contributed by atoms with van der Waals surface area (Å²) in [5.41, 5.74) is 0.486. The molecule has 2 fully saturated rings. The number of esters is 1. The number of nitrogens with zero attached hydrogens (tertiary/aromatic N) is 1. The highest BCUT2D eigenvalue weighted by atomic mass is 32.2. The van der Waals surface area contributed by atoms with Crippen LogP contribution in [0.15, 0.2) is 29.2 Å². The summed E-state index contributed by atoms with van der Waals surface area (Å²) in [5, 5.41) is 3.42. The molecule has 2 unspecified atom stereocenters. The third kappa shape index (κ3) is 2.88. The molecule has 7 heteroatoms. The van der Waals surface area contributed by atoms with Crippen LogP contribution >= 0.6 is 0 Å². The number of ether oxygens (including phenoxy) is 1. The molecule has 0 amide bonds. The van der Waals surface area contributed by atoms with Gasteiger partial charge in [0.25, 0.3) is 0 Å². The first-order chi connectivity index (χ1) is 10.5. The first-order valence-electron chi connectivity index (χ1n) is 7.41. The van der Waals surface area contributed by atoms with E-state index in [-0.39, 0.29) is 23.4 Å². The molecular formula is C15H20N2O4S. The van der Waals surface area contributed by atoms with Crippen LogP contribution in [0.4, 0.5) is 0 Å². The molecule has 0 aromatic heterocycles. The van der Waals surface area contributed by atoms with Gasteiger partial charge in [-0.05, 0) is 24.5 Å². The Labute approximate surface area is 130 Å². The van der Waals surface area contributed by atoms with Crippen molar-refractivity contribution in [3.8, 4) is 0 Å². The smallest absolute Gasteiger partial charge is 0.310 e. The molecule has 0 spiro atoms. The van der Waals surface area contributed by atoms with E-state index >= 15 is 0 Å². The number of nitrogens with one attached hydrogen (secondary N) is 1. The minimum absolute atomic E-state index is 0.0369. The lowest BCUT2D eigenvalue weighted by Crippen LogP contribution is -2.53. The highest BCUT2D eigenvalue weighted by Gasteiger charge is 2.38. The Balaban J connectivity index is 1.90. The summed E-state index contributed by atoms with van der Waals surface area (Å²) in [6.07, 6.45) is 1.99. The molecule has 2 heterocycles. The Morgan fingerprint density at radius 3 is 2.55 bits per heavy atom. The summed E-state index contributed by atoms with van der Waals surface area (Å²) in [7, 11) is -2.29. The van der Waals surface area contributed by atoms with Gasteiger partial charge in [-0.25, -0.2) is 8.42 Å². The molecule has 2 bridgehead atoms. The zero-order valence-corrected chi connectivity index (χ0v) is 13.3. The number of rotatable bonds is 4. The summed E-state index contributed by atoms with van der Waals surface area (Å²) < 4.78 is 32.1. The molecule has 120 valence electrons. The van der Waals surface area contributed by atoms with E-state index in [1.165, 1.54) is 7.11 Å². The van der Waals surface area contributed by atoms with Gasteiger partial charge >= 0.3 is 5.97 Å². The first-order valence-corrected chi connectivity index (χ1v) is 8.85. The molecule has 0 saturated carbocycles. The van der Waals surface area contributed by atoms with Gasteiger partial charge in [0, 0.05) is 25.2 Å². The fourth-order valence-electron chi connectivity index (χ4n) is 3.22. The topological polar surface area (TPSA) is 75.7 Å². The Morgan fingerprint density at radius 1 is 1.27 bits per heavy atom. The van der Waals surface area contributed by atoms with E-state index in [1.54, 1.807) is 28.6 Å². The van der Waals surface area contributed by atoms with E-state index in [0.29, 0.717) is 18.7 Å². The van der Waals surface area contributed by atoms with Crippen molar-refractivity contribution in [1.82, 2.24) is 9.62 Å². The van der Waals surface area contributed by atoms with E-state index in [2.05, 4.69) is 10.1 Å². The molecule has 1 aromatic rings. The number of carbonyl (C=O) groups is 1. The van der Waals surface area contributed by atoms with Gasteiger partial charge in [-0.1, -0.05) is 18.2 Å². The zero-order valence-electron chi connectivity index (χ0n) is 12.5. The van der Waals surface area contributed by atoms with E-state index in [4.69, 9.17) is 0 Å². The number of carbonyl (C=O) groups excluding carboxylic acids is 1. The van der Waals surface area contributed by atoms with Crippen molar-refractivity contribution in [3.63, 3.8) is 0 Å². The number of methoxy groups -OCH3 is 1. The molecule has 6 nitrogen and oxygen atoms in total. The molecule has 0 radical (unpaired) electrons. The number of hydrogen-bond acceptors (Lipinski definition) is 5. The van der Waals surface area contributed by atoms with Gasteiger partial charge < -0.3 is 10.1 Å². The van der Waals surface area contributed by atoms with Gasteiger partial charge in [0.1, 0.15) is 0 Å². The Kier molecular flexibility index (Phi) is 4.20. The first kappa shape index (κ1) is 15.5. The predicted octanol–water partition coefficient (Wildman–Crippen LogP) is 0.527. The van der Waals surface area contributed by atoms with Crippen LogP contribution in [-0.2, 0) is 26.0 Å². The standard InChI is InChI=1S/C15H20N2O4S/c1-21-15(18)8-11-4-2-3-5-14(11)22(19,20)17-9-12-6-7-13(10-17)16-12/h2-5,12-13,16H,6-10H2,1H3. The number of hydrogen-bond donors (Lipinski definition) is 1. The second-order valence-electron chi connectivity index (χ2n) is 5.82. The van der Waals surface area contributed by atoms with Gasteiger partial charge in [0.05, 0.1) is 18.4 Å². The molecule has 1 aromatic carbocycles. The second kappa shape index (κ2) is 5.98. The molecule has 2 saturated heterocycles. The molecule has 0 aliphatic carbocycles. The molecule has 3 rings (SSSR count). The van der Waals surface area contributed by atoms with E-state index in [9.17, 15) is 13.2 Å². The summed E-state index contributed by atoms with van der Waals surface area (Å²) in [4.78, 5) is 11.7. The largest absolute Gasteiger partial charge is 0.469 e. The Bertz CT molecular complexity index is 662. The maximum absolute atomic E-state index is 12.9. The van der Waals surface area contributed by atoms with Crippen molar-refractivity contribution in [2.75, 3.05) is 20.2 Å². The van der Waals surface area contributed by atoms with Crippen LogP contribution in [0.3, 0.4) is 0 Å². The van der Waals surface area contributed by atoms with Crippen LogP contribution in [0.25, 0.3) is 0 Å². The van der Waals surface area contributed by atoms with Crippen LogP contribution in [0.1, 0.15) is 18.4 Å². The Morgan fingerprint density at radius 2 is 1.91 bits per heavy atom. The number of benzene rings is 1. The Hall–Kier alpha value is -1.44. The normalized spacial score (nSPS) is 25.1. The van der Waals surface area contributed by atoms with Crippen molar-refractivity contribution >= 4 is 16.0 Å². The molecular weight excluding hydrogens is 304 g/mol. The minimum Gasteiger partial charge on any atom is -0.469 e. The van der Waals surface area contributed by atoms with Crippen molar-refractivity contribution in [3.05, 3.63) is 29.8 Å². The lowest BCUT2D eigenvalue weighted by Gasteiger charge is -2.32. The fourth-order valence-corrected chi connectivity index (χ4v) is 4.97. The van der Waals surface area contributed by atoms with Gasteiger partial charge in [0.2, 0.25) is 10.0 Å². The van der Waals surface area contributed by atoms with E-state index < -0.39 is 16.0 Å². The van der Waals surface area contributed by atoms with Crippen molar-refractivity contribution < 1.29 is 17.9 Å². The van der Waals surface area contributed by atoms with Crippen LogP contribution in [-0.4, -0.2) is 51.0 Å². The summed E-state index contributed by atoms with van der Waals surface area (Å²) in [6, 6.07) is 7.13. The number of fused-ring (bicyclic) bond motifs is 2. The van der Waals surface area contributed by atoms with Crippen molar-refractivity contribution in [2.24, 2.45) is 0 Å². The predicted molar refractivity (Wildman–Crippen MR) is 80.9 cm³/mol. The maximum Gasteiger partial charge on any atom is 0.310 e. The molecule has 22 heavy (non-hydrogen) atoms. The summed E-state index contributed by atoms with van der Waals surface area (Å²) in [5.74, 6) is -0.442. The van der Waals surface area contributed by atoms with Gasteiger partial charge in [0.15, 0.2) is 0 Å². The number of piperazine rings is 1. The summed E-state index contributed by atoms with van der Waals surface area (Å²) >= 11 is 0. The SMILES string of the molecule is COC(=O)Cc1ccccc1S(=O)(=O)N1CC2CCC(C1)N2. The van der Waals surface area contributed by atoms with E-state index in [1.807, 2.05) is 0 Å². The third-order valence-electron chi connectivity index (χ3n) is 4.34. The minimum atomic E-state index is -3.59. The quantitative estimate of drug-likeness (QED) is 0.818. The van der Waals surface area contributed by atoms with Crippen LogP contribution in [0, 0.1) is 0 Å². The van der Waals surface area contributed by atoms with Crippen LogP contribution < -0.4 is 5.32 Å². The molecule has 2 aliphatic rings. The molecule has 1 N–H and O–H groups in total. The van der Waals surface area contributed by atoms with Gasteiger partial charge in [-0.3, -0.25) is 4.79 Å². The van der Waals surface area contributed by atoms with Gasteiger partial charge in [-0.15, -0.1) is 0 Å². The third-order valence-corrected chi connectivity index (χ3v) is 6.27. The fraction of sp³-hybridized carbons (Fsp3) is 0.533. The average molecular weight is 324 g/mol. The average Bonchev–Trinajstić information content (AvgIpc) is 2.85. The van der Waals surface area contributed by atoms with Crippen molar-refractivity contribution in [2.45, 2.75) is 36.2 Å². The lowest BCUT2D eigenvalue weighted by molar-refractivity contribution is -0.139. The highest BCUT2D eigenvalue weighted by molar-refractivity contribution is 7.89.